The fourth-order valence-corrected chi connectivity index (χ4v) is 2.59. The molecular weight excluding hydrogens is 304 g/mol. The quantitative estimate of drug-likeness (QED) is 0.779. The highest BCUT2D eigenvalue weighted by Crippen LogP contribution is 2.15. The molecule has 0 saturated carbocycles. The molecule has 0 atom stereocenters. The Morgan fingerprint density at radius 2 is 1.75 bits per heavy atom. The molecule has 1 saturated heterocycles. The van der Waals surface area contributed by atoms with Gasteiger partial charge in [0.15, 0.2) is 0 Å². The molecule has 1 aromatic rings. The number of carbonyl (C=O) groups excluding carboxylic acids is 2. The number of anilines is 1. The normalized spacial score (nSPS) is 14.2. The third-order valence-electron chi connectivity index (χ3n) is 3.93. The SMILES string of the molecule is C=C(C)CNC(=O)NCCC(=O)N1CCN(c2ccccc2)CC1. The number of urea groups is 1. The third kappa shape index (κ3) is 5.61. The fourth-order valence-electron chi connectivity index (χ4n) is 2.59. The van der Waals surface area contributed by atoms with Gasteiger partial charge in [-0.1, -0.05) is 30.4 Å². The van der Waals surface area contributed by atoms with Crippen molar-refractivity contribution < 1.29 is 9.59 Å². The van der Waals surface area contributed by atoms with Crippen LogP contribution in [0, 0.1) is 0 Å². The lowest BCUT2D eigenvalue weighted by Gasteiger charge is -2.36. The Kier molecular flexibility index (Phi) is 6.66. The Morgan fingerprint density at radius 3 is 2.38 bits per heavy atom. The van der Waals surface area contributed by atoms with Crippen molar-refractivity contribution in [2.45, 2.75) is 13.3 Å². The van der Waals surface area contributed by atoms with Crippen molar-refractivity contribution in [2.75, 3.05) is 44.2 Å². The molecule has 0 bridgehead atoms. The molecule has 0 aliphatic carbocycles. The van der Waals surface area contributed by atoms with Gasteiger partial charge in [0.25, 0.3) is 0 Å². The van der Waals surface area contributed by atoms with Crippen molar-refractivity contribution in [3.63, 3.8) is 0 Å². The number of benzene rings is 1. The number of rotatable bonds is 6. The summed E-state index contributed by atoms with van der Waals surface area (Å²) < 4.78 is 0. The molecule has 1 aliphatic rings. The molecule has 1 aliphatic heterocycles. The number of para-hydroxylation sites is 1. The maximum Gasteiger partial charge on any atom is 0.315 e. The van der Waals surface area contributed by atoms with Gasteiger partial charge in [0.2, 0.25) is 5.91 Å². The lowest BCUT2D eigenvalue weighted by Crippen LogP contribution is -2.49. The molecule has 24 heavy (non-hydrogen) atoms. The van der Waals surface area contributed by atoms with Crippen LogP contribution in [0.1, 0.15) is 13.3 Å². The van der Waals surface area contributed by atoms with Crippen molar-refractivity contribution >= 4 is 17.6 Å². The van der Waals surface area contributed by atoms with Gasteiger partial charge in [0.05, 0.1) is 0 Å². The van der Waals surface area contributed by atoms with Gasteiger partial charge in [0.1, 0.15) is 0 Å². The van der Waals surface area contributed by atoms with E-state index in [-0.39, 0.29) is 11.9 Å². The molecule has 0 spiro atoms. The van der Waals surface area contributed by atoms with E-state index >= 15 is 0 Å². The van der Waals surface area contributed by atoms with E-state index in [4.69, 9.17) is 0 Å². The first-order valence-corrected chi connectivity index (χ1v) is 8.30. The smallest absolute Gasteiger partial charge is 0.315 e. The number of nitrogens with zero attached hydrogens (tertiary/aromatic N) is 2. The Balaban J connectivity index is 1.66. The highest BCUT2D eigenvalue weighted by Gasteiger charge is 2.20. The van der Waals surface area contributed by atoms with Crippen molar-refractivity contribution in [3.05, 3.63) is 42.5 Å². The molecule has 0 aromatic heterocycles. The van der Waals surface area contributed by atoms with Gasteiger partial charge >= 0.3 is 6.03 Å². The summed E-state index contributed by atoms with van der Waals surface area (Å²) in [5.74, 6) is 0.0860. The summed E-state index contributed by atoms with van der Waals surface area (Å²) in [5.41, 5.74) is 2.08. The Morgan fingerprint density at radius 1 is 1.08 bits per heavy atom. The number of carbonyl (C=O) groups is 2. The first kappa shape index (κ1) is 17.8. The lowest BCUT2D eigenvalue weighted by molar-refractivity contribution is -0.131. The predicted octanol–water partition coefficient (Wildman–Crippen LogP) is 1.60. The van der Waals surface area contributed by atoms with Crippen LogP contribution < -0.4 is 15.5 Å². The van der Waals surface area contributed by atoms with Crippen LogP contribution in [0.3, 0.4) is 0 Å². The maximum atomic E-state index is 12.2. The standard InChI is InChI=1S/C18H26N4O2/c1-15(2)14-20-18(24)19-9-8-17(23)22-12-10-21(11-13-22)16-6-4-3-5-7-16/h3-7H,1,8-14H2,2H3,(H2,19,20,24). The minimum atomic E-state index is -0.264. The van der Waals surface area contributed by atoms with E-state index in [0.717, 1.165) is 31.8 Å². The number of hydrogen-bond acceptors (Lipinski definition) is 3. The van der Waals surface area contributed by atoms with Crippen molar-refractivity contribution in [1.29, 1.82) is 0 Å². The molecule has 3 amide bonds. The molecule has 1 fully saturated rings. The number of piperazine rings is 1. The van der Waals surface area contributed by atoms with Crippen LogP contribution in [-0.2, 0) is 4.79 Å². The minimum Gasteiger partial charge on any atom is -0.368 e. The third-order valence-corrected chi connectivity index (χ3v) is 3.93. The van der Waals surface area contributed by atoms with Crippen LogP contribution in [0.2, 0.25) is 0 Å². The molecule has 1 heterocycles. The first-order chi connectivity index (χ1) is 11.6. The monoisotopic (exact) mass is 330 g/mol. The molecule has 0 unspecified atom stereocenters. The average molecular weight is 330 g/mol. The van der Waals surface area contributed by atoms with Gasteiger partial charge in [-0.3, -0.25) is 4.79 Å². The second kappa shape index (κ2) is 8.96. The van der Waals surface area contributed by atoms with Crippen molar-refractivity contribution in [3.8, 4) is 0 Å². The molecule has 1 aromatic carbocycles. The first-order valence-electron chi connectivity index (χ1n) is 8.30. The fraction of sp³-hybridized carbons (Fsp3) is 0.444. The zero-order valence-corrected chi connectivity index (χ0v) is 14.3. The summed E-state index contributed by atoms with van der Waals surface area (Å²) >= 11 is 0. The van der Waals surface area contributed by atoms with E-state index in [0.29, 0.717) is 19.5 Å². The topological polar surface area (TPSA) is 64.7 Å². The van der Waals surface area contributed by atoms with Crippen LogP contribution in [0.25, 0.3) is 0 Å². The van der Waals surface area contributed by atoms with Gasteiger partial charge < -0.3 is 20.4 Å². The summed E-state index contributed by atoms with van der Waals surface area (Å²) in [6, 6.07) is 9.97. The molecule has 2 rings (SSSR count). The maximum absolute atomic E-state index is 12.2. The molecule has 0 radical (unpaired) electrons. The Hall–Kier alpha value is -2.50. The number of nitrogens with one attached hydrogen (secondary N) is 2. The zero-order valence-electron chi connectivity index (χ0n) is 14.3. The highest BCUT2D eigenvalue weighted by molar-refractivity contribution is 5.78. The van der Waals surface area contributed by atoms with Crippen LogP contribution in [0.5, 0.6) is 0 Å². The van der Waals surface area contributed by atoms with E-state index in [1.165, 1.54) is 5.69 Å². The van der Waals surface area contributed by atoms with Gasteiger partial charge in [0, 0.05) is 51.4 Å². The number of amides is 3. The van der Waals surface area contributed by atoms with Crippen molar-refractivity contribution in [1.82, 2.24) is 15.5 Å². The zero-order chi connectivity index (χ0) is 17.4. The van der Waals surface area contributed by atoms with E-state index < -0.39 is 0 Å². The van der Waals surface area contributed by atoms with Gasteiger partial charge in [-0.05, 0) is 19.1 Å². The van der Waals surface area contributed by atoms with Crippen LogP contribution >= 0.6 is 0 Å². The average Bonchev–Trinajstić information content (AvgIpc) is 2.61. The second-order valence-electron chi connectivity index (χ2n) is 6.02. The van der Waals surface area contributed by atoms with Crippen LogP contribution in [0.15, 0.2) is 42.5 Å². The van der Waals surface area contributed by atoms with E-state index in [1.54, 1.807) is 0 Å². The van der Waals surface area contributed by atoms with Crippen LogP contribution in [0.4, 0.5) is 10.5 Å². The number of hydrogen-bond donors (Lipinski definition) is 2. The predicted molar refractivity (Wildman–Crippen MR) is 96.1 cm³/mol. The molecule has 130 valence electrons. The minimum absolute atomic E-state index is 0.0860. The van der Waals surface area contributed by atoms with Crippen LogP contribution in [-0.4, -0.2) is 56.1 Å². The van der Waals surface area contributed by atoms with Gasteiger partial charge in [-0.25, -0.2) is 4.79 Å². The Labute approximate surface area is 143 Å². The largest absolute Gasteiger partial charge is 0.368 e. The lowest BCUT2D eigenvalue weighted by atomic mass is 10.2. The molecule has 6 heteroatoms. The second-order valence-corrected chi connectivity index (χ2v) is 6.02. The summed E-state index contributed by atoms with van der Waals surface area (Å²) in [7, 11) is 0. The molecular formula is C18H26N4O2. The van der Waals surface area contributed by atoms with E-state index in [1.807, 2.05) is 30.0 Å². The van der Waals surface area contributed by atoms with E-state index in [2.05, 4.69) is 34.2 Å². The summed E-state index contributed by atoms with van der Waals surface area (Å²) in [5, 5.41) is 5.37. The van der Waals surface area contributed by atoms with Gasteiger partial charge in [-0.15, -0.1) is 0 Å². The Bertz CT molecular complexity index is 566. The highest BCUT2D eigenvalue weighted by atomic mass is 16.2. The summed E-state index contributed by atoms with van der Waals surface area (Å²) in [4.78, 5) is 27.9. The summed E-state index contributed by atoms with van der Waals surface area (Å²) in [6.07, 6.45) is 0.325. The van der Waals surface area contributed by atoms with Crippen molar-refractivity contribution in [2.24, 2.45) is 0 Å². The van der Waals surface area contributed by atoms with Gasteiger partial charge in [-0.2, -0.15) is 0 Å². The summed E-state index contributed by atoms with van der Waals surface area (Å²) in [6.45, 7) is 9.46. The molecule has 2 N–H and O–H groups in total. The van der Waals surface area contributed by atoms with E-state index in [9.17, 15) is 9.59 Å². The molecule has 6 nitrogen and oxygen atoms in total.